The molecule has 6 rings (SSSR count). The van der Waals surface area contributed by atoms with Gasteiger partial charge in [0.25, 0.3) is 5.91 Å². The van der Waals surface area contributed by atoms with Crippen LogP contribution >= 0.6 is 23.2 Å². The zero-order valence-electron chi connectivity index (χ0n) is 23.1. The van der Waals surface area contributed by atoms with E-state index in [1.165, 1.54) is 16.6 Å². The molecule has 0 spiro atoms. The van der Waals surface area contributed by atoms with Crippen molar-refractivity contribution >= 4 is 50.8 Å². The molecular weight excluding hydrogens is 617 g/mol. The number of nitrogens with one attached hydrogen (secondary N) is 1. The molecule has 1 saturated carbocycles. The van der Waals surface area contributed by atoms with Crippen molar-refractivity contribution in [2.24, 2.45) is 0 Å². The lowest BCUT2D eigenvalue weighted by molar-refractivity contribution is -0.138. The number of furan rings is 1. The Labute approximate surface area is 258 Å². The van der Waals surface area contributed by atoms with Crippen molar-refractivity contribution < 1.29 is 32.4 Å². The number of amides is 1. The summed E-state index contributed by atoms with van der Waals surface area (Å²) in [5.41, 5.74) is 5.29. The van der Waals surface area contributed by atoms with Crippen molar-refractivity contribution in [3.8, 4) is 0 Å². The van der Waals surface area contributed by atoms with Gasteiger partial charge in [-0.05, 0) is 42.2 Å². The van der Waals surface area contributed by atoms with Crippen LogP contribution in [0, 0.1) is 0 Å². The Bertz CT molecular complexity index is 1720. The number of nitrogens with zero attached hydrogens (tertiary/aromatic N) is 2. The van der Waals surface area contributed by atoms with Gasteiger partial charge in [0, 0.05) is 21.8 Å². The minimum atomic E-state index is -3.58. The summed E-state index contributed by atoms with van der Waals surface area (Å²) in [6, 6.07) is 12.7. The quantitative estimate of drug-likeness (QED) is 0.320. The lowest BCUT2D eigenvalue weighted by atomic mass is 9.75. The fraction of sp³-hybridized carbons (Fsp3) is 0.333. The highest BCUT2D eigenvalue weighted by molar-refractivity contribution is 7.88. The van der Waals surface area contributed by atoms with E-state index in [2.05, 4.69) is 10.4 Å². The normalized spacial score (nSPS) is 23.1. The number of sulfonamides is 1. The van der Waals surface area contributed by atoms with Crippen LogP contribution in [0.5, 0.6) is 0 Å². The smallest absolute Gasteiger partial charge is 0.338 e. The number of rotatable bonds is 7. The molecule has 0 saturated heterocycles. The summed E-state index contributed by atoms with van der Waals surface area (Å²) in [6.07, 6.45) is 7.23. The second-order valence-corrected chi connectivity index (χ2v) is 13.7. The predicted octanol–water partition coefficient (Wildman–Crippen LogP) is 5.56. The third-order valence-electron chi connectivity index (χ3n) is 8.33. The lowest BCUT2D eigenvalue weighted by Crippen LogP contribution is -2.59. The molecule has 1 fully saturated rings. The molecule has 1 aromatic heterocycles. The number of fused-ring (bicyclic) bond motifs is 5. The molecule has 13 heteroatoms. The maximum atomic E-state index is 14.1. The van der Waals surface area contributed by atoms with E-state index in [1.54, 1.807) is 24.4 Å². The van der Waals surface area contributed by atoms with Crippen LogP contribution in [0.15, 0.2) is 65.4 Å². The van der Waals surface area contributed by atoms with Crippen LogP contribution in [0.1, 0.15) is 70.5 Å². The topological polar surface area (TPSA) is 129 Å². The molecule has 3 heterocycles. The van der Waals surface area contributed by atoms with Crippen molar-refractivity contribution in [1.82, 2.24) is 14.7 Å². The predicted molar refractivity (Wildman–Crippen MR) is 160 cm³/mol. The first-order valence-corrected chi connectivity index (χ1v) is 16.4. The van der Waals surface area contributed by atoms with Gasteiger partial charge in [0.05, 0.1) is 41.6 Å². The molecule has 0 radical (unpaired) electrons. The van der Waals surface area contributed by atoms with Gasteiger partial charge in [-0.3, -0.25) is 13.9 Å². The Hall–Kier alpha value is -3.51. The first kappa shape index (κ1) is 29.6. The SMILES string of the molecule is CS(=O)(=O)N1C=C2c3ccccc3[C@@H](C(=O)NOCc3cc(C(=O)O)co3)[C@H](c3ccc(Cl)cc3Cl)N2[C@H]2CCCC[C@@H]21. The fourth-order valence-corrected chi connectivity index (χ4v) is 8.13. The van der Waals surface area contributed by atoms with Crippen molar-refractivity contribution in [1.29, 1.82) is 0 Å². The van der Waals surface area contributed by atoms with Gasteiger partial charge in [0.1, 0.15) is 18.6 Å². The average molecular weight is 647 g/mol. The van der Waals surface area contributed by atoms with E-state index in [9.17, 15) is 18.0 Å². The van der Waals surface area contributed by atoms with E-state index in [0.717, 1.165) is 31.1 Å². The first-order valence-electron chi connectivity index (χ1n) is 13.8. The van der Waals surface area contributed by atoms with Gasteiger partial charge in [-0.2, -0.15) is 0 Å². The molecule has 10 nitrogen and oxygen atoms in total. The molecular formula is C30H29Cl2N3O7S. The molecule has 0 unspecified atom stereocenters. The van der Waals surface area contributed by atoms with Gasteiger partial charge in [-0.1, -0.05) is 66.4 Å². The highest BCUT2D eigenvalue weighted by Crippen LogP contribution is 2.54. The Morgan fingerprint density at radius 1 is 1.07 bits per heavy atom. The standard InChI is InChI=1S/C30H29Cl2N3O7S/c1-43(39,40)34-14-26-20-6-2-3-7-21(20)27(29(36)33-42-16-19-12-17(15-41-19)30(37)38)28(22-11-10-18(31)13-23(22)32)35(26)25-9-5-4-8-24(25)34/h2-3,6-7,10-15,24-25,27-28H,4-5,8-9,16H2,1H3,(H,33,36)(H,37,38)/t24-,25-,27+,28-/m0/s1. The van der Waals surface area contributed by atoms with Crippen molar-refractivity contribution in [2.45, 2.75) is 56.3 Å². The first-order chi connectivity index (χ1) is 20.5. The average Bonchev–Trinajstić information content (AvgIpc) is 3.45. The van der Waals surface area contributed by atoms with Gasteiger partial charge in [0.2, 0.25) is 10.0 Å². The summed E-state index contributed by atoms with van der Waals surface area (Å²) in [5, 5.41) is 9.98. The number of benzene rings is 2. The Morgan fingerprint density at radius 3 is 2.51 bits per heavy atom. The minimum Gasteiger partial charge on any atom is -0.478 e. The van der Waals surface area contributed by atoms with E-state index in [1.807, 2.05) is 24.3 Å². The summed E-state index contributed by atoms with van der Waals surface area (Å²) in [6.45, 7) is -0.192. The molecule has 1 aliphatic carbocycles. The molecule has 4 atom stereocenters. The number of aromatic carboxylic acids is 1. The van der Waals surface area contributed by atoms with Crippen LogP contribution in [0.4, 0.5) is 0 Å². The minimum absolute atomic E-state index is 0.0295. The van der Waals surface area contributed by atoms with E-state index in [-0.39, 0.29) is 30.0 Å². The fourth-order valence-electron chi connectivity index (χ4n) is 6.58. The number of carbonyl (C=O) groups is 2. The van der Waals surface area contributed by atoms with Gasteiger partial charge < -0.3 is 14.4 Å². The Morgan fingerprint density at radius 2 is 1.81 bits per heavy atom. The Kier molecular flexibility index (Phi) is 7.93. The second kappa shape index (κ2) is 11.5. The Balaban J connectivity index is 1.46. The number of carboxylic acid groups (broad SMARTS) is 1. The summed E-state index contributed by atoms with van der Waals surface area (Å²) in [5.74, 6) is -2.18. The highest BCUT2D eigenvalue weighted by Gasteiger charge is 2.51. The largest absolute Gasteiger partial charge is 0.478 e. The molecule has 2 N–H and O–H groups in total. The maximum Gasteiger partial charge on any atom is 0.338 e. The van der Waals surface area contributed by atoms with Crippen LogP contribution in [0.3, 0.4) is 0 Å². The summed E-state index contributed by atoms with van der Waals surface area (Å²) in [4.78, 5) is 33.0. The van der Waals surface area contributed by atoms with Crippen molar-refractivity contribution in [3.05, 3.63) is 99.1 Å². The summed E-state index contributed by atoms with van der Waals surface area (Å²) < 4.78 is 32.8. The van der Waals surface area contributed by atoms with E-state index >= 15 is 0 Å². The molecule has 1 amide bonds. The molecule has 43 heavy (non-hydrogen) atoms. The molecule has 0 bridgehead atoms. The summed E-state index contributed by atoms with van der Waals surface area (Å²) >= 11 is 13.1. The van der Waals surface area contributed by atoms with Crippen LogP contribution < -0.4 is 5.48 Å². The van der Waals surface area contributed by atoms with Crippen LogP contribution in [0.25, 0.3) is 5.70 Å². The van der Waals surface area contributed by atoms with Crippen LogP contribution in [-0.4, -0.2) is 52.9 Å². The van der Waals surface area contributed by atoms with Gasteiger partial charge in [-0.15, -0.1) is 0 Å². The molecule has 2 aromatic carbocycles. The third-order valence-corrected chi connectivity index (χ3v) is 10.0. The number of carboxylic acids is 1. The highest BCUT2D eigenvalue weighted by atomic mass is 35.5. The second-order valence-electron chi connectivity index (χ2n) is 11.0. The molecule has 3 aromatic rings. The number of halogens is 2. The lowest BCUT2D eigenvalue weighted by Gasteiger charge is -2.56. The van der Waals surface area contributed by atoms with E-state index in [0.29, 0.717) is 33.3 Å². The zero-order valence-corrected chi connectivity index (χ0v) is 25.4. The monoisotopic (exact) mass is 645 g/mol. The van der Waals surface area contributed by atoms with E-state index < -0.39 is 33.9 Å². The van der Waals surface area contributed by atoms with Gasteiger partial charge >= 0.3 is 5.97 Å². The van der Waals surface area contributed by atoms with Gasteiger partial charge in [0.15, 0.2) is 0 Å². The number of hydroxylamine groups is 1. The summed E-state index contributed by atoms with van der Waals surface area (Å²) in [7, 11) is -3.58. The number of carbonyl (C=O) groups excluding carboxylic acids is 1. The third kappa shape index (κ3) is 5.50. The van der Waals surface area contributed by atoms with Crippen molar-refractivity contribution in [2.75, 3.05) is 6.26 Å². The van der Waals surface area contributed by atoms with Crippen LogP contribution in [0.2, 0.25) is 10.0 Å². The molecule has 226 valence electrons. The van der Waals surface area contributed by atoms with E-state index in [4.69, 9.17) is 37.6 Å². The maximum absolute atomic E-state index is 14.1. The number of hydrogen-bond acceptors (Lipinski definition) is 7. The molecule has 2 aliphatic heterocycles. The van der Waals surface area contributed by atoms with Crippen molar-refractivity contribution in [3.63, 3.8) is 0 Å². The van der Waals surface area contributed by atoms with Gasteiger partial charge in [-0.25, -0.2) is 18.7 Å². The van der Waals surface area contributed by atoms with Crippen LogP contribution in [-0.2, 0) is 26.3 Å². The number of hydrogen-bond donors (Lipinski definition) is 2. The zero-order chi connectivity index (χ0) is 30.5. The molecule has 3 aliphatic rings.